The van der Waals surface area contributed by atoms with E-state index in [1.165, 1.54) is 17.8 Å². The molecule has 0 aliphatic carbocycles. The third-order valence-electron chi connectivity index (χ3n) is 4.30. The van der Waals surface area contributed by atoms with Crippen LogP contribution in [0.2, 0.25) is 0 Å². The number of pyridine rings is 1. The van der Waals surface area contributed by atoms with Crippen LogP contribution in [-0.4, -0.2) is 23.3 Å². The van der Waals surface area contributed by atoms with Gasteiger partial charge in [-0.1, -0.05) is 30.3 Å². The highest BCUT2D eigenvalue weighted by molar-refractivity contribution is 6.05. The van der Waals surface area contributed by atoms with Crippen LogP contribution in [-0.2, 0) is 6.42 Å². The van der Waals surface area contributed by atoms with Crippen molar-refractivity contribution in [2.24, 2.45) is 0 Å². The molecule has 0 bridgehead atoms. The Morgan fingerprint density at radius 3 is 2.45 bits per heavy atom. The van der Waals surface area contributed by atoms with E-state index in [4.69, 9.17) is 5.26 Å². The van der Waals surface area contributed by atoms with E-state index >= 15 is 0 Å². The van der Waals surface area contributed by atoms with Gasteiger partial charge in [0.25, 0.3) is 11.8 Å². The molecule has 29 heavy (non-hydrogen) atoms. The first kappa shape index (κ1) is 19.8. The van der Waals surface area contributed by atoms with Crippen LogP contribution >= 0.6 is 0 Å². The first-order valence-corrected chi connectivity index (χ1v) is 9.25. The molecule has 2 aromatic carbocycles. The summed E-state index contributed by atoms with van der Waals surface area (Å²) < 4.78 is 0. The molecule has 0 fully saturated rings. The molecule has 0 radical (unpaired) electrons. The van der Waals surface area contributed by atoms with Crippen molar-refractivity contribution < 1.29 is 9.59 Å². The Hall–Kier alpha value is -3.98. The maximum absolute atomic E-state index is 12.4. The molecule has 1 heterocycles. The van der Waals surface area contributed by atoms with Gasteiger partial charge in [-0.3, -0.25) is 14.6 Å². The monoisotopic (exact) mass is 384 g/mol. The Kier molecular flexibility index (Phi) is 6.69. The lowest BCUT2D eigenvalue weighted by atomic mass is 10.1. The van der Waals surface area contributed by atoms with Crippen LogP contribution in [0.4, 0.5) is 5.69 Å². The van der Waals surface area contributed by atoms with Crippen LogP contribution in [0.15, 0.2) is 72.9 Å². The average Bonchev–Trinajstić information content (AvgIpc) is 2.78. The van der Waals surface area contributed by atoms with Crippen molar-refractivity contribution in [3.8, 4) is 6.07 Å². The van der Waals surface area contributed by atoms with Crippen LogP contribution in [0, 0.1) is 11.3 Å². The van der Waals surface area contributed by atoms with Crippen molar-refractivity contribution in [2.45, 2.75) is 12.8 Å². The Morgan fingerprint density at radius 2 is 1.72 bits per heavy atom. The molecular formula is C23H20N4O2. The highest BCUT2D eigenvalue weighted by atomic mass is 16.2. The van der Waals surface area contributed by atoms with Gasteiger partial charge >= 0.3 is 0 Å². The maximum atomic E-state index is 12.4. The van der Waals surface area contributed by atoms with Crippen LogP contribution in [0.5, 0.6) is 0 Å². The van der Waals surface area contributed by atoms with Crippen LogP contribution in [0.25, 0.3) is 0 Å². The molecule has 2 N–H and O–H groups in total. The second kappa shape index (κ2) is 9.81. The predicted octanol–water partition coefficient (Wildman–Crippen LogP) is 3.57. The lowest BCUT2D eigenvalue weighted by molar-refractivity contribution is 0.0948. The molecule has 0 atom stereocenters. The largest absolute Gasteiger partial charge is 0.351 e. The topological polar surface area (TPSA) is 94.9 Å². The Bertz CT molecular complexity index is 1020. The van der Waals surface area contributed by atoms with Crippen LogP contribution in [0.3, 0.4) is 0 Å². The highest BCUT2D eigenvalue weighted by Gasteiger charge is 2.12. The minimum absolute atomic E-state index is 0.192. The second-order valence-electron chi connectivity index (χ2n) is 6.42. The molecule has 0 saturated carbocycles. The molecule has 0 aliphatic heterocycles. The molecule has 6 nitrogen and oxygen atoms in total. The molecule has 3 rings (SSSR count). The SMILES string of the molecule is N#Cc1ccc(NC(=O)c2ccnc(C(=O)NCCCc3ccccc3)c2)cc1. The van der Waals surface area contributed by atoms with Crippen LogP contribution < -0.4 is 10.6 Å². The average molecular weight is 384 g/mol. The number of carbonyl (C=O) groups is 2. The molecule has 3 aromatic rings. The summed E-state index contributed by atoms with van der Waals surface area (Å²) >= 11 is 0. The molecule has 0 saturated heterocycles. The summed E-state index contributed by atoms with van der Waals surface area (Å²) in [6.45, 7) is 0.525. The zero-order chi connectivity index (χ0) is 20.5. The standard InChI is InChI=1S/C23H20N4O2/c24-16-18-8-10-20(11-9-18)27-22(28)19-12-14-25-21(15-19)23(29)26-13-4-7-17-5-2-1-3-6-17/h1-3,5-6,8-12,14-15H,4,7,13H2,(H,26,29)(H,27,28). The lowest BCUT2D eigenvalue weighted by Crippen LogP contribution is -2.26. The number of anilines is 1. The van der Waals surface area contributed by atoms with Crippen molar-refractivity contribution in [1.29, 1.82) is 5.26 Å². The van der Waals surface area contributed by atoms with E-state index in [2.05, 4.69) is 27.8 Å². The fourth-order valence-electron chi connectivity index (χ4n) is 2.76. The van der Waals surface area contributed by atoms with Gasteiger partial charge in [0.15, 0.2) is 0 Å². The summed E-state index contributed by atoms with van der Waals surface area (Å²) in [6, 6.07) is 21.6. The summed E-state index contributed by atoms with van der Waals surface area (Å²) in [6.07, 6.45) is 3.13. The number of amides is 2. The number of rotatable bonds is 7. The smallest absolute Gasteiger partial charge is 0.269 e. The number of hydrogen-bond acceptors (Lipinski definition) is 4. The summed E-state index contributed by atoms with van der Waals surface area (Å²) in [7, 11) is 0. The van der Waals surface area contributed by atoms with Gasteiger partial charge in [0.2, 0.25) is 0 Å². The van der Waals surface area contributed by atoms with Gasteiger partial charge in [-0.2, -0.15) is 5.26 Å². The van der Waals surface area contributed by atoms with Crippen LogP contribution in [0.1, 0.15) is 38.4 Å². The Balaban J connectivity index is 1.54. The van der Waals surface area contributed by atoms with Gasteiger partial charge in [0.05, 0.1) is 11.6 Å². The van der Waals surface area contributed by atoms with Gasteiger partial charge in [-0.05, 0) is 54.8 Å². The van der Waals surface area contributed by atoms with Gasteiger partial charge < -0.3 is 10.6 Å². The number of hydrogen-bond donors (Lipinski definition) is 2. The first-order chi connectivity index (χ1) is 14.2. The normalized spacial score (nSPS) is 10.0. The zero-order valence-corrected chi connectivity index (χ0v) is 15.8. The van der Waals surface area contributed by atoms with E-state index in [9.17, 15) is 9.59 Å². The third-order valence-corrected chi connectivity index (χ3v) is 4.30. The third kappa shape index (κ3) is 5.75. The highest BCUT2D eigenvalue weighted by Crippen LogP contribution is 2.11. The van der Waals surface area contributed by atoms with Crippen molar-refractivity contribution >= 4 is 17.5 Å². The van der Waals surface area contributed by atoms with E-state index in [1.807, 2.05) is 24.3 Å². The molecule has 6 heteroatoms. The summed E-state index contributed by atoms with van der Waals surface area (Å²) in [4.78, 5) is 28.8. The van der Waals surface area contributed by atoms with E-state index in [1.54, 1.807) is 30.3 Å². The number of benzene rings is 2. The van der Waals surface area contributed by atoms with Gasteiger partial charge in [0.1, 0.15) is 5.69 Å². The number of nitriles is 1. The van der Waals surface area contributed by atoms with E-state index in [0.29, 0.717) is 23.4 Å². The van der Waals surface area contributed by atoms with Gasteiger partial charge in [0, 0.05) is 24.0 Å². The summed E-state index contributed by atoms with van der Waals surface area (Å²) in [5.41, 5.74) is 2.83. The summed E-state index contributed by atoms with van der Waals surface area (Å²) in [5.74, 6) is -0.665. The predicted molar refractivity (Wildman–Crippen MR) is 110 cm³/mol. The van der Waals surface area contributed by atoms with E-state index < -0.39 is 0 Å². The minimum Gasteiger partial charge on any atom is -0.351 e. The zero-order valence-electron chi connectivity index (χ0n) is 15.8. The minimum atomic E-state index is -0.352. The number of nitrogens with one attached hydrogen (secondary N) is 2. The fraction of sp³-hybridized carbons (Fsp3) is 0.130. The maximum Gasteiger partial charge on any atom is 0.269 e. The Morgan fingerprint density at radius 1 is 0.966 bits per heavy atom. The number of aromatic nitrogens is 1. The molecule has 144 valence electrons. The number of carbonyl (C=O) groups excluding carboxylic acids is 2. The Labute approximate surface area is 169 Å². The molecule has 0 spiro atoms. The molecule has 0 aliphatic rings. The lowest BCUT2D eigenvalue weighted by Gasteiger charge is -2.08. The quantitative estimate of drug-likeness (QED) is 0.609. The number of aryl methyl sites for hydroxylation is 1. The molecular weight excluding hydrogens is 364 g/mol. The summed E-state index contributed by atoms with van der Waals surface area (Å²) in [5, 5.41) is 14.4. The molecule has 1 aromatic heterocycles. The van der Waals surface area contributed by atoms with Gasteiger partial charge in [-0.25, -0.2) is 0 Å². The van der Waals surface area contributed by atoms with Crippen molar-refractivity contribution in [2.75, 3.05) is 11.9 Å². The molecule has 0 unspecified atom stereocenters. The van der Waals surface area contributed by atoms with Crippen molar-refractivity contribution in [3.05, 3.63) is 95.3 Å². The van der Waals surface area contributed by atoms with Crippen molar-refractivity contribution in [1.82, 2.24) is 10.3 Å². The van der Waals surface area contributed by atoms with E-state index in [-0.39, 0.29) is 17.5 Å². The van der Waals surface area contributed by atoms with Gasteiger partial charge in [-0.15, -0.1) is 0 Å². The second-order valence-corrected chi connectivity index (χ2v) is 6.42. The van der Waals surface area contributed by atoms with E-state index in [0.717, 1.165) is 12.8 Å². The fourth-order valence-corrected chi connectivity index (χ4v) is 2.76. The first-order valence-electron chi connectivity index (χ1n) is 9.25. The number of nitrogens with zero attached hydrogens (tertiary/aromatic N) is 2. The van der Waals surface area contributed by atoms with Crippen molar-refractivity contribution in [3.63, 3.8) is 0 Å². The molecule has 2 amide bonds.